The highest BCUT2D eigenvalue weighted by atomic mass is 79.9. The predicted molar refractivity (Wildman–Crippen MR) is 124 cm³/mol. The molecule has 0 radical (unpaired) electrons. The maximum Gasteiger partial charge on any atom is 0.257 e. The van der Waals surface area contributed by atoms with E-state index in [4.69, 9.17) is 23.2 Å². The van der Waals surface area contributed by atoms with Gasteiger partial charge in [0.25, 0.3) is 11.8 Å². The van der Waals surface area contributed by atoms with E-state index in [9.17, 15) is 14.0 Å². The number of benzene rings is 3. The van der Waals surface area contributed by atoms with Crippen LogP contribution >= 0.6 is 39.1 Å². The van der Waals surface area contributed by atoms with Crippen molar-refractivity contribution in [3.63, 3.8) is 0 Å². The predicted octanol–water partition coefficient (Wildman–Crippen LogP) is 5.86. The highest BCUT2D eigenvalue weighted by molar-refractivity contribution is 9.10. The lowest BCUT2D eigenvalue weighted by molar-refractivity contribution is 0.0959. The second-order valence-electron chi connectivity index (χ2n) is 7.18. The van der Waals surface area contributed by atoms with E-state index in [-0.39, 0.29) is 5.91 Å². The molecule has 0 spiro atoms. The Hall–Kier alpha value is -2.94. The molecule has 0 saturated heterocycles. The molecule has 4 aromatic rings. The van der Waals surface area contributed by atoms with Crippen molar-refractivity contribution >= 4 is 67.5 Å². The number of carbonyl (C=O) groups excluding carboxylic acids is 2. The Morgan fingerprint density at radius 3 is 2.78 bits per heavy atom. The summed E-state index contributed by atoms with van der Waals surface area (Å²) in [5, 5.41) is 13.7. The molecule has 1 aliphatic rings. The number of para-hydroxylation sites is 1. The number of halogens is 4. The molecule has 1 aliphatic heterocycles. The van der Waals surface area contributed by atoms with Gasteiger partial charge in [-0.25, -0.2) is 4.39 Å². The quantitative estimate of drug-likeness (QED) is 0.308. The van der Waals surface area contributed by atoms with Crippen molar-refractivity contribution in [1.29, 1.82) is 0 Å². The fourth-order valence-corrected chi connectivity index (χ4v) is 4.73. The number of nitrogens with one attached hydrogen (secondary N) is 3. The second-order valence-corrected chi connectivity index (χ2v) is 8.88. The number of fused-ring (bicyclic) bond motifs is 2. The van der Waals surface area contributed by atoms with E-state index >= 15 is 0 Å². The minimum absolute atomic E-state index is 0.292. The summed E-state index contributed by atoms with van der Waals surface area (Å²) in [5.74, 6) is -1.29. The molecule has 160 valence electrons. The van der Waals surface area contributed by atoms with Crippen LogP contribution in [0.1, 0.15) is 37.9 Å². The van der Waals surface area contributed by atoms with Crippen molar-refractivity contribution in [3.8, 4) is 0 Å². The van der Waals surface area contributed by atoms with Crippen LogP contribution < -0.4 is 10.6 Å². The largest absolute Gasteiger partial charge is 0.341 e. The molecular weight excluding hydrogens is 522 g/mol. The molecule has 0 saturated carbocycles. The maximum absolute atomic E-state index is 14.0. The summed E-state index contributed by atoms with van der Waals surface area (Å²) in [6, 6.07) is 11.6. The van der Waals surface area contributed by atoms with Crippen molar-refractivity contribution in [3.05, 3.63) is 91.3 Å². The Morgan fingerprint density at radius 1 is 1.16 bits per heavy atom. The summed E-state index contributed by atoms with van der Waals surface area (Å²) in [5.41, 5.74) is 2.32. The zero-order valence-electron chi connectivity index (χ0n) is 16.0. The summed E-state index contributed by atoms with van der Waals surface area (Å²) >= 11 is 15.8. The number of hydrogen-bond acceptors (Lipinski definition) is 3. The van der Waals surface area contributed by atoms with E-state index < -0.39 is 17.8 Å². The van der Waals surface area contributed by atoms with Crippen LogP contribution in [0.3, 0.4) is 0 Å². The monoisotopic (exact) mass is 532 g/mol. The number of hydrogen-bond donors (Lipinski definition) is 3. The average Bonchev–Trinajstić information content (AvgIpc) is 3.30. The van der Waals surface area contributed by atoms with Crippen molar-refractivity contribution in [2.45, 2.75) is 6.04 Å². The molecule has 1 atom stereocenters. The highest BCUT2D eigenvalue weighted by Crippen LogP contribution is 2.41. The van der Waals surface area contributed by atoms with Gasteiger partial charge in [-0.3, -0.25) is 14.7 Å². The zero-order chi connectivity index (χ0) is 22.6. The van der Waals surface area contributed by atoms with E-state index in [1.54, 1.807) is 30.3 Å². The van der Waals surface area contributed by atoms with Crippen molar-refractivity contribution in [1.82, 2.24) is 15.5 Å². The summed E-state index contributed by atoms with van der Waals surface area (Å²) in [4.78, 5) is 25.9. The number of amides is 2. The zero-order valence-corrected chi connectivity index (χ0v) is 19.1. The third-order valence-electron chi connectivity index (χ3n) is 5.25. The molecule has 0 bridgehead atoms. The molecule has 32 heavy (non-hydrogen) atoms. The number of nitrogens with zero attached hydrogens (tertiary/aromatic N) is 1. The van der Waals surface area contributed by atoms with Gasteiger partial charge in [0.15, 0.2) is 0 Å². The lowest BCUT2D eigenvalue weighted by atomic mass is 9.96. The van der Waals surface area contributed by atoms with Gasteiger partial charge < -0.3 is 10.6 Å². The Morgan fingerprint density at radius 2 is 1.97 bits per heavy atom. The Kier molecular flexibility index (Phi) is 5.16. The second kappa shape index (κ2) is 7.88. The smallest absolute Gasteiger partial charge is 0.257 e. The van der Waals surface area contributed by atoms with Gasteiger partial charge in [0.2, 0.25) is 0 Å². The van der Waals surface area contributed by atoms with Crippen LogP contribution in [0.2, 0.25) is 10.2 Å². The summed E-state index contributed by atoms with van der Waals surface area (Å²) in [6.45, 7) is 0. The fraction of sp³-hybridized carbons (Fsp3) is 0.0455. The van der Waals surface area contributed by atoms with E-state index in [1.165, 1.54) is 18.2 Å². The third kappa shape index (κ3) is 3.44. The first-order valence-electron chi connectivity index (χ1n) is 9.36. The first-order valence-corrected chi connectivity index (χ1v) is 10.9. The highest BCUT2D eigenvalue weighted by Gasteiger charge is 2.34. The maximum atomic E-state index is 14.0. The molecule has 5 rings (SSSR count). The van der Waals surface area contributed by atoms with Gasteiger partial charge in [-0.15, -0.1) is 0 Å². The van der Waals surface area contributed by atoms with Gasteiger partial charge >= 0.3 is 0 Å². The molecule has 0 fully saturated rings. The molecule has 2 amide bonds. The number of anilines is 1. The molecule has 6 nitrogen and oxygen atoms in total. The molecular formula is C22H12BrCl2FN4O2. The van der Waals surface area contributed by atoms with Gasteiger partial charge in [-0.1, -0.05) is 45.2 Å². The van der Waals surface area contributed by atoms with Crippen LogP contribution in [-0.4, -0.2) is 22.0 Å². The Labute approximate surface area is 199 Å². The Bertz CT molecular complexity index is 1440. The number of aromatic amines is 1. The molecule has 1 unspecified atom stereocenters. The van der Waals surface area contributed by atoms with Gasteiger partial charge in [0, 0.05) is 37.3 Å². The molecule has 3 aromatic carbocycles. The normalized spacial score (nSPS) is 15.0. The van der Waals surface area contributed by atoms with E-state index in [0.717, 1.165) is 0 Å². The number of H-pyrrole nitrogens is 1. The van der Waals surface area contributed by atoms with Crippen molar-refractivity contribution in [2.24, 2.45) is 0 Å². The van der Waals surface area contributed by atoms with Crippen LogP contribution in [0.4, 0.5) is 10.1 Å². The van der Waals surface area contributed by atoms with Crippen LogP contribution in [0, 0.1) is 5.82 Å². The van der Waals surface area contributed by atoms with E-state index in [2.05, 4.69) is 36.8 Å². The lowest BCUT2D eigenvalue weighted by Gasteiger charge is -2.18. The standard InChI is InChI=1S/C22H12BrCl2FN4O2/c23-9-6-14-17(19(28-22(14)32)13-8-10(26)4-5-15(13)24)16(7-9)27-21(31)12-3-1-2-11-18(12)29-30-20(11)25/h1-8,19H,(H,27,31)(H,28,32)(H,29,30). The average molecular weight is 534 g/mol. The first-order chi connectivity index (χ1) is 15.3. The fourth-order valence-electron chi connectivity index (χ4n) is 3.85. The minimum Gasteiger partial charge on any atom is -0.341 e. The summed E-state index contributed by atoms with van der Waals surface area (Å²) in [6.07, 6.45) is 0. The lowest BCUT2D eigenvalue weighted by Crippen LogP contribution is -2.21. The topological polar surface area (TPSA) is 86.9 Å². The molecule has 10 heteroatoms. The van der Waals surface area contributed by atoms with Gasteiger partial charge in [0.05, 0.1) is 11.6 Å². The summed E-state index contributed by atoms with van der Waals surface area (Å²) in [7, 11) is 0. The van der Waals surface area contributed by atoms with Crippen LogP contribution in [0.15, 0.2) is 53.0 Å². The molecule has 2 heterocycles. The Balaban J connectivity index is 1.61. The number of aromatic nitrogens is 2. The summed E-state index contributed by atoms with van der Waals surface area (Å²) < 4.78 is 14.5. The van der Waals surface area contributed by atoms with E-state index in [0.29, 0.717) is 53.5 Å². The van der Waals surface area contributed by atoms with Gasteiger partial charge in [-0.2, -0.15) is 5.10 Å². The van der Waals surface area contributed by atoms with E-state index in [1.807, 2.05) is 0 Å². The molecule has 3 N–H and O–H groups in total. The first kappa shape index (κ1) is 20.9. The van der Waals surface area contributed by atoms with Crippen molar-refractivity contribution in [2.75, 3.05) is 5.32 Å². The molecule has 1 aromatic heterocycles. The van der Waals surface area contributed by atoms with Crippen molar-refractivity contribution < 1.29 is 14.0 Å². The molecule has 0 aliphatic carbocycles. The van der Waals surface area contributed by atoms with Crippen LogP contribution in [0.25, 0.3) is 10.9 Å². The van der Waals surface area contributed by atoms with Crippen LogP contribution in [0.5, 0.6) is 0 Å². The number of carbonyl (C=O) groups is 2. The number of rotatable bonds is 3. The van der Waals surface area contributed by atoms with Gasteiger partial charge in [-0.05, 0) is 42.5 Å². The SMILES string of the molecule is O=C1NC(c2cc(F)ccc2Cl)c2c(NC(=O)c3cccc4c(Cl)[nH]nc34)cc(Br)cc21. The van der Waals surface area contributed by atoms with Gasteiger partial charge in [0.1, 0.15) is 16.5 Å². The van der Waals surface area contributed by atoms with Crippen LogP contribution in [-0.2, 0) is 0 Å². The third-order valence-corrected chi connectivity index (χ3v) is 6.34. The minimum atomic E-state index is -0.736.